The van der Waals surface area contributed by atoms with Crippen LogP contribution in [0.5, 0.6) is 0 Å². The molecule has 2 heterocycles. The number of benzene rings is 1. The molecule has 4 rings (SSSR count). The third-order valence-electron chi connectivity index (χ3n) is 7.50. The molecule has 13 heteroatoms. The fraction of sp³-hybridized carbons (Fsp3) is 0.533. The van der Waals surface area contributed by atoms with Crippen LogP contribution in [0.25, 0.3) is 0 Å². The Morgan fingerprint density at radius 3 is 2.51 bits per heavy atom. The van der Waals surface area contributed by atoms with E-state index in [-0.39, 0.29) is 23.3 Å². The average molecular weight is 612 g/mol. The van der Waals surface area contributed by atoms with Crippen LogP contribution in [0.4, 0.5) is 10.5 Å². The van der Waals surface area contributed by atoms with Crippen LogP contribution in [0.2, 0.25) is 0 Å². The number of aromatic nitrogens is 1. The van der Waals surface area contributed by atoms with E-state index in [1.165, 1.54) is 17.4 Å². The molecule has 1 fully saturated rings. The van der Waals surface area contributed by atoms with Gasteiger partial charge < -0.3 is 25.2 Å². The highest BCUT2D eigenvalue weighted by Gasteiger charge is 2.37. The highest BCUT2D eigenvalue weighted by molar-refractivity contribution is 7.13. The molecule has 2 aromatic rings. The molecule has 0 radical (unpaired) electrons. The number of hydrogen-bond donors (Lipinski definition) is 3. The van der Waals surface area contributed by atoms with E-state index in [2.05, 4.69) is 20.5 Å². The van der Waals surface area contributed by atoms with E-state index in [0.717, 1.165) is 41.3 Å². The summed E-state index contributed by atoms with van der Waals surface area (Å²) in [6, 6.07) is 5.43. The average Bonchev–Trinajstić information content (AvgIpc) is 3.36. The Morgan fingerprint density at radius 2 is 1.84 bits per heavy atom. The third-order valence-corrected chi connectivity index (χ3v) is 8.58. The Kier molecular flexibility index (Phi) is 9.86. The van der Waals surface area contributed by atoms with Crippen LogP contribution in [-0.4, -0.2) is 90.3 Å². The Labute approximate surface area is 256 Å². The highest BCUT2D eigenvalue weighted by Crippen LogP contribution is 2.29. The molecule has 12 nitrogen and oxygen atoms in total. The first-order chi connectivity index (χ1) is 20.3. The normalized spacial score (nSPS) is 20.4. The van der Waals surface area contributed by atoms with Crippen molar-refractivity contribution in [3.05, 3.63) is 45.4 Å². The summed E-state index contributed by atoms with van der Waals surface area (Å²) in [5.41, 5.74) is 0.780. The lowest BCUT2D eigenvalue weighted by Gasteiger charge is -2.37. The number of nitrogens with zero attached hydrogens (tertiary/aromatic N) is 4. The number of hydrogen-bond acceptors (Lipinski definition) is 9. The maximum Gasteiger partial charge on any atom is 0.420 e. The van der Waals surface area contributed by atoms with E-state index < -0.39 is 29.7 Å². The molecule has 1 aliphatic heterocycles. The second-order valence-electron chi connectivity index (χ2n) is 12.3. The van der Waals surface area contributed by atoms with Crippen LogP contribution < -0.4 is 15.5 Å². The van der Waals surface area contributed by atoms with Gasteiger partial charge >= 0.3 is 6.09 Å². The summed E-state index contributed by atoms with van der Waals surface area (Å²) >= 11 is 1.38. The molecule has 232 valence electrons. The summed E-state index contributed by atoms with van der Waals surface area (Å²) in [7, 11) is 5.46. The van der Waals surface area contributed by atoms with Crippen LogP contribution in [0.1, 0.15) is 70.8 Å². The fourth-order valence-electron chi connectivity index (χ4n) is 5.34. The minimum absolute atomic E-state index is 0.0154. The summed E-state index contributed by atoms with van der Waals surface area (Å²) in [6.07, 6.45) is 2.33. The van der Waals surface area contributed by atoms with Crippen LogP contribution in [-0.2, 0) is 22.5 Å². The Bertz CT molecular complexity index is 1390. The van der Waals surface area contributed by atoms with Crippen molar-refractivity contribution in [2.75, 3.05) is 32.6 Å². The number of nitrogens with one attached hydrogen (secondary N) is 3. The minimum atomic E-state index is -0.756. The smallest absolute Gasteiger partial charge is 0.420 e. The number of amides is 4. The summed E-state index contributed by atoms with van der Waals surface area (Å²) < 4.78 is 5.39. The molecule has 1 aliphatic carbocycles. The van der Waals surface area contributed by atoms with Crippen molar-refractivity contribution in [2.24, 2.45) is 5.92 Å². The highest BCUT2D eigenvalue weighted by atomic mass is 32.1. The summed E-state index contributed by atoms with van der Waals surface area (Å²) in [6.45, 7) is 6.83. The van der Waals surface area contributed by atoms with Gasteiger partial charge in [-0.05, 0) is 65.3 Å². The zero-order valence-electron chi connectivity index (χ0n) is 25.6. The van der Waals surface area contributed by atoms with E-state index in [4.69, 9.17) is 10.1 Å². The molecule has 0 spiro atoms. The molecule has 0 saturated heterocycles. The number of likely N-dealkylation sites (N-methyl/N-ethyl adjacent to an activating group) is 1. The van der Waals surface area contributed by atoms with Gasteiger partial charge in [0, 0.05) is 56.0 Å². The van der Waals surface area contributed by atoms with Crippen molar-refractivity contribution in [2.45, 2.75) is 70.7 Å². The molecule has 43 heavy (non-hydrogen) atoms. The lowest BCUT2D eigenvalue weighted by molar-refractivity contribution is -0.134. The maximum atomic E-state index is 13.5. The zero-order valence-corrected chi connectivity index (χ0v) is 26.4. The third kappa shape index (κ3) is 7.96. The summed E-state index contributed by atoms with van der Waals surface area (Å²) in [5, 5.41) is 14.2. The topological polar surface area (TPSA) is 148 Å². The SMILES string of the molecule is CN1CCc2nc(C(=O)N[C@@H]3C[C@@H](C(=O)N(C)C)CC[C@@H]3NC(=O)c3cccc(N(C=N)C(=O)OC(C)(C)C)c3)sc2C1. The Hall–Kier alpha value is -3.84. The van der Waals surface area contributed by atoms with Crippen molar-refractivity contribution < 1.29 is 23.9 Å². The van der Waals surface area contributed by atoms with Crippen molar-refractivity contribution in [1.29, 1.82) is 5.41 Å². The van der Waals surface area contributed by atoms with Gasteiger partial charge in [-0.3, -0.25) is 19.8 Å². The van der Waals surface area contributed by atoms with E-state index in [9.17, 15) is 19.2 Å². The molecule has 1 aromatic heterocycles. The molecule has 1 saturated carbocycles. The van der Waals surface area contributed by atoms with Crippen molar-refractivity contribution in [3.8, 4) is 0 Å². The van der Waals surface area contributed by atoms with Gasteiger partial charge in [-0.2, -0.15) is 0 Å². The van der Waals surface area contributed by atoms with E-state index in [1.807, 2.05) is 7.05 Å². The molecule has 3 N–H and O–H groups in total. The van der Waals surface area contributed by atoms with Gasteiger partial charge in [-0.15, -0.1) is 11.3 Å². The number of ether oxygens (including phenoxy) is 1. The molecular weight excluding hydrogens is 570 g/mol. The van der Waals surface area contributed by atoms with Crippen LogP contribution in [0.15, 0.2) is 24.3 Å². The van der Waals surface area contributed by atoms with Gasteiger partial charge in [0.1, 0.15) is 5.60 Å². The predicted molar refractivity (Wildman–Crippen MR) is 165 cm³/mol. The zero-order chi connectivity index (χ0) is 31.5. The van der Waals surface area contributed by atoms with E-state index in [1.54, 1.807) is 58.0 Å². The molecular formula is C30H41N7O5S. The van der Waals surface area contributed by atoms with Gasteiger partial charge in [0.15, 0.2) is 5.01 Å². The Morgan fingerprint density at radius 1 is 1.12 bits per heavy atom. The van der Waals surface area contributed by atoms with Gasteiger partial charge in [0.25, 0.3) is 11.8 Å². The molecule has 0 bridgehead atoms. The van der Waals surface area contributed by atoms with Gasteiger partial charge in [0.2, 0.25) is 5.91 Å². The molecule has 4 amide bonds. The van der Waals surface area contributed by atoms with Crippen LogP contribution in [0, 0.1) is 11.3 Å². The first-order valence-corrected chi connectivity index (χ1v) is 15.2. The summed E-state index contributed by atoms with van der Waals surface area (Å²) in [5.74, 6) is -1.01. The van der Waals surface area contributed by atoms with Gasteiger partial charge in [-0.1, -0.05) is 6.07 Å². The maximum absolute atomic E-state index is 13.5. The lowest BCUT2D eigenvalue weighted by atomic mass is 9.81. The molecule has 1 aromatic carbocycles. The van der Waals surface area contributed by atoms with Gasteiger partial charge in [0.05, 0.1) is 23.8 Å². The number of anilines is 1. The number of carbonyl (C=O) groups is 4. The van der Waals surface area contributed by atoms with Crippen LogP contribution in [0.3, 0.4) is 0 Å². The van der Waals surface area contributed by atoms with E-state index in [0.29, 0.717) is 30.0 Å². The first kappa shape index (κ1) is 32.1. The number of carbonyl (C=O) groups excluding carboxylic acids is 4. The quantitative estimate of drug-likeness (QED) is 0.322. The molecule has 3 atom stereocenters. The van der Waals surface area contributed by atoms with Crippen molar-refractivity contribution in [3.63, 3.8) is 0 Å². The number of rotatable bonds is 7. The standard InChI is InChI=1S/C30H41N7O5S/c1-30(2,3)42-29(41)37(17-31)20-9-7-8-18(14-20)25(38)32-21-11-10-19(28(40)35(4)5)15-23(21)33-26(39)27-34-22-12-13-36(6)16-24(22)43-27/h7-9,14,17,19,21,23,31H,10-13,15-16H2,1-6H3,(H,32,38)(H,33,39)/t19-,21-,23+/m0/s1. The van der Waals surface area contributed by atoms with Crippen LogP contribution >= 0.6 is 11.3 Å². The van der Waals surface area contributed by atoms with Crippen molar-refractivity contribution in [1.82, 2.24) is 25.4 Å². The predicted octanol–water partition coefficient (Wildman–Crippen LogP) is 3.26. The first-order valence-electron chi connectivity index (χ1n) is 14.4. The lowest BCUT2D eigenvalue weighted by Crippen LogP contribution is -2.55. The largest absolute Gasteiger partial charge is 0.443 e. The Balaban J connectivity index is 1.51. The minimum Gasteiger partial charge on any atom is -0.443 e. The van der Waals surface area contributed by atoms with Gasteiger partial charge in [-0.25, -0.2) is 14.7 Å². The fourth-order valence-corrected chi connectivity index (χ4v) is 6.43. The molecule has 2 aliphatic rings. The number of thiazole rings is 1. The second kappa shape index (κ2) is 13.2. The molecule has 0 unspecified atom stereocenters. The summed E-state index contributed by atoms with van der Waals surface area (Å²) in [4.78, 5) is 62.8. The monoisotopic (exact) mass is 611 g/mol. The second-order valence-corrected chi connectivity index (χ2v) is 13.4. The number of fused-ring (bicyclic) bond motifs is 1. The van der Waals surface area contributed by atoms with E-state index >= 15 is 0 Å². The van der Waals surface area contributed by atoms with Crippen molar-refractivity contribution >= 4 is 47.2 Å².